The summed E-state index contributed by atoms with van der Waals surface area (Å²) in [5, 5.41) is 9.82. The zero-order valence-corrected chi connectivity index (χ0v) is 21.2. The molecule has 2 aliphatic rings. The number of nitrogens with one attached hydrogen (secondary N) is 2. The number of carbonyl (C=O) groups excluding carboxylic acids is 1. The SMILES string of the molecule is Cc1n[nH]cc1-c1ccc2c(c1)C1(COC(N)(OC(=O)C(F)(F)F)N1)c1cc(OCC(C)(C)C)ccc1O2. The number of alkyl halides is 3. The Labute approximate surface area is 216 Å². The number of H-pyrrole nitrogens is 1. The maximum atomic E-state index is 13.0. The van der Waals surface area contributed by atoms with Crippen LogP contribution in [0.25, 0.3) is 11.1 Å². The van der Waals surface area contributed by atoms with E-state index in [4.69, 9.17) is 19.9 Å². The summed E-state index contributed by atoms with van der Waals surface area (Å²) in [7, 11) is 0. The molecule has 0 aliphatic carbocycles. The number of nitrogens with two attached hydrogens (primary N) is 1. The lowest BCUT2D eigenvalue weighted by Crippen LogP contribution is -2.60. The molecular weight excluding hydrogens is 505 g/mol. The number of halogens is 3. The number of ether oxygens (including phenoxy) is 4. The van der Waals surface area contributed by atoms with Crippen LogP contribution in [0.2, 0.25) is 0 Å². The van der Waals surface area contributed by atoms with E-state index >= 15 is 0 Å². The molecule has 0 bridgehead atoms. The topological polar surface area (TPSA) is 121 Å². The van der Waals surface area contributed by atoms with Crippen molar-refractivity contribution in [1.82, 2.24) is 15.5 Å². The highest BCUT2D eigenvalue weighted by atomic mass is 19.4. The zero-order chi connectivity index (χ0) is 27.5. The predicted octanol–water partition coefficient (Wildman–Crippen LogP) is 4.45. The molecule has 2 aromatic carbocycles. The first-order valence-electron chi connectivity index (χ1n) is 11.8. The van der Waals surface area contributed by atoms with Crippen molar-refractivity contribution < 1.29 is 36.9 Å². The first-order chi connectivity index (χ1) is 17.7. The summed E-state index contributed by atoms with van der Waals surface area (Å²) < 4.78 is 61.3. The summed E-state index contributed by atoms with van der Waals surface area (Å²) >= 11 is 0. The van der Waals surface area contributed by atoms with Crippen molar-refractivity contribution in [3.63, 3.8) is 0 Å². The van der Waals surface area contributed by atoms with E-state index in [1.807, 2.05) is 39.8 Å². The van der Waals surface area contributed by atoms with Crippen LogP contribution in [0, 0.1) is 12.3 Å². The van der Waals surface area contributed by atoms with Gasteiger partial charge in [-0.3, -0.25) is 10.8 Å². The Morgan fingerprint density at radius 1 is 1.13 bits per heavy atom. The number of hydrogen-bond donors (Lipinski definition) is 3. The van der Waals surface area contributed by atoms with Gasteiger partial charge in [-0.15, -0.1) is 0 Å². The van der Waals surface area contributed by atoms with Gasteiger partial charge >= 0.3 is 18.2 Å². The lowest BCUT2D eigenvalue weighted by molar-refractivity contribution is -0.254. The van der Waals surface area contributed by atoms with Crippen molar-refractivity contribution in [2.24, 2.45) is 11.1 Å². The number of nitrogens with zero attached hydrogens (tertiary/aromatic N) is 1. The number of carbonyl (C=O) groups is 1. The number of aryl methyl sites for hydroxylation is 1. The standard InChI is InChI=1S/C26H27F3N4O5/c1-14-17(11-31-32-14)15-5-7-20-18(9-15)24(13-36-26(30,33-24)38-22(34)25(27,28)29)19-10-16(6-8-21(19)37-20)35-12-23(2,3)4/h5-11,33H,12-13,30H2,1-4H3,(H,31,32). The first-order valence-corrected chi connectivity index (χ1v) is 11.8. The zero-order valence-electron chi connectivity index (χ0n) is 21.2. The summed E-state index contributed by atoms with van der Waals surface area (Å²) in [6.07, 6.45) is -3.53. The molecule has 2 atom stereocenters. The number of fused-ring (bicyclic) bond motifs is 4. The van der Waals surface area contributed by atoms with Crippen LogP contribution in [0.5, 0.6) is 17.2 Å². The first kappa shape index (κ1) is 26.0. The largest absolute Gasteiger partial charge is 0.493 e. The highest BCUT2D eigenvalue weighted by molar-refractivity contribution is 5.76. The van der Waals surface area contributed by atoms with Crippen LogP contribution in [0.15, 0.2) is 42.6 Å². The smallest absolute Gasteiger partial charge is 0.491 e. The maximum Gasteiger partial charge on any atom is 0.491 e. The van der Waals surface area contributed by atoms with Gasteiger partial charge < -0.3 is 18.9 Å². The van der Waals surface area contributed by atoms with Crippen molar-refractivity contribution in [2.75, 3.05) is 13.2 Å². The highest BCUT2D eigenvalue weighted by Crippen LogP contribution is 2.52. The minimum absolute atomic E-state index is 0.124. The van der Waals surface area contributed by atoms with Gasteiger partial charge in [0, 0.05) is 22.9 Å². The molecule has 1 saturated heterocycles. The van der Waals surface area contributed by atoms with Gasteiger partial charge in [0.1, 0.15) is 22.8 Å². The van der Waals surface area contributed by atoms with Gasteiger partial charge in [0.15, 0.2) is 0 Å². The van der Waals surface area contributed by atoms with E-state index in [0.717, 1.165) is 16.8 Å². The number of rotatable bonds is 4. The maximum absolute atomic E-state index is 13.0. The van der Waals surface area contributed by atoms with Crippen LogP contribution in [0.4, 0.5) is 13.2 Å². The van der Waals surface area contributed by atoms with Crippen LogP contribution in [-0.2, 0) is 19.8 Å². The lowest BCUT2D eigenvalue weighted by Gasteiger charge is -2.37. The van der Waals surface area contributed by atoms with Crippen molar-refractivity contribution in [3.8, 4) is 28.4 Å². The summed E-state index contributed by atoms with van der Waals surface area (Å²) in [6, 6.07) is 7.98. The Morgan fingerprint density at radius 2 is 1.82 bits per heavy atom. The Balaban J connectivity index is 1.62. The molecule has 0 amide bonds. The quantitative estimate of drug-likeness (QED) is 0.333. The average Bonchev–Trinajstić information content (AvgIpc) is 3.41. The van der Waals surface area contributed by atoms with Crippen LogP contribution in [-0.4, -0.2) is 41.6 Å². The summed E-state index contributed by atoms with van der Waals surface area (Å²) in [5.41, 5.74) is 7.90. The fourth-order valence-corrected chi connectivity index (χ4v) is 4.48. The summed E-state index contributed by atoms with van der Waals surface area (Å²) in [6.45, 7) is 8.05. The van der Waals surface area contributed by atoms with Crippen molar-refractivity contribution in [1.29, 1.82) is 0 Å². The molecule has 3 heterocycles. The van der Waals surface area contributed by atoms with E-state index in [2.05, 4.69) is 20.3 Å². The fourth-order valence-electron chi connectivity index (χ4n) is 4.48. The normalized spacial score (nSPS) is 22.5. The Morgan fingerprint density at radius 3 is 2.45 bits per heavy atom. The molecule has 1 spiro atoms. The molecular formula is C26H27F3N4O5. The molecule has 0 radical (unpaired) electrons. The van der Waals surface area contributed by atoms with Crippen LogP contribution < -0.4 is 20.5 Å². The van der Waals surface area contributed by atoms with Crippen LogP contribution >= 0.6 is 0 Å². The third kappa shape index (κ3) is 4.70. The monoisotopic (exact) mass is 532 g/mol. The number of benzene rings is 2. The second-order valence-corrected chi connectivity index (χ2v) is 10.6. The van der Waals surface area contributed by atoms with Crippen molar-refractivity contribution in [2.45, 2.75) is 45.4 Å². The summed E-state index contributed by atoms with van der Waals surface area (Å²) in [5.74, 6) is -1.14. The van der Waals surface area contributed by atoms with Crippen LogP contribution in [0.1, 0.15) is 37.6 Å². The molecule has 2 aliphatic heterocycles. The Kier molecular flexibility index (Phi) is 5.97. The minimum atomic E-state index is -5.27. The van der Waals surface area contributed by atoms with E-state index in [-0.39, 0.29) is 12.0 Å². The van der Waals surface area contributed by atoms with E-state index in [1.165, 1.54) is 0 Å². The number of hydrogen-bond acceptors (Lipinski definition) is 8. The van der Waals surface area contributed by atoms with E-state index in [9.17, 15) is 18.0 Å². The molecule has 1 aromatic heterocycles. The second kappa shape index (κ2) is 8.72. The molecule has 1 fully saturated rings. The predicted molar refractivity (Wildman–Crippen MR) is 129 cm³/mol. The third-order valence-electron chi connectivity index (χ3n) is 6.25. The van der Waals surface area contributed by atoms with Gasteiger partial charge in [-0.2, -0.15) is 18.3 Å². The molecule has 9 nitrogen and oxygen atoms in total. The number of aromatic amines is 1. The molecule has 38 heavy (non-hydrogen) atoms. The molecule has 0 saturated carbocycles. The molecule has 5 rings (SSSR count). The van der Waals surface area contributed by atoms with Gasteiger partial charge in [0.05, 0.1) is 18.9 Å². The molecule has 2 unspecified atom stereocenters. The molecule has 12 heteroatoms. The lowest BCUT2D eigenvalue weighted by atomic mass is 9.80. The fraction of sp³-hybridized carbons (Fsp3) is 0.385. The number of esters is 1. The van der Waals surface area contributed by atoms with Gasteiger partial charge in [0.2, 0.25) is 0 Å². The van der Waals surface area contributed by atoms with Crippen LogP contribution in [0.3, 0.4) is 0 Å². The Bertz CT molecular complexity index is 1400. The third-order valence-corrected chi connectivity index (χ3v) is 6.25. The minimum Gasteiger partial charge on any atom is -0.493 e. The van der Waals surface area contributed by atoms with Gasteiger partial charge in [-0.1, -0.05) is 26.8 Å². The number of aromatic nitrogens is 2. The van der Waals surface area contributed by atoms with Gasteiger partial charge in [-0.25, -0.2) is 10.1 Å². The van der Waals surface area contributed by atoms with E-state index < -0.39 is 23.7 Å². The highest BCUT2D eigenvalue weighted by Gasteiger charge is 2.57. The van der Waals surface area contributed by atoms with Gasteiger partial charge in [0.25, 0.3) is 0 Å². The van der Waals surface area contributed by atoms with Gasteiger partial charge in [-0.05, 0) is 48.2 Å². The Hall–Kier alpha value is -3.61. The molecule has 3 aromatic rings. The second-order valence-electron chi connectivity index (χ2n) is 10.6. The van der Waals surface area contributed by atoms with Crippen molar-refractivity contribution >= 4 is 5.97 Å². The average molecular weight is 533 g/mol. The van der Waals surface area contributed by atoms with E-state index in [0.29, 0.717) is 35.0 Å². The summed E-state index contributed by atoms with van der Waals surface area (Å²) in [4.78, 5) is 11.7. The van der Waals surface area contributed by atoms with Crippen molar-refractivity contribution in [3.05, 3.63) is 59.4 Å². The molecule has 202 valence electrons. The van der Waals surface area contributed by atoms with E-state index in [1.54, 1.807) is 30.5 Å². The molecule has 4 N–H and O–H groups in total.